The van der Waals surface area contributed by atoms with E-state index < -0.39 is 12.1 Å². The fraction of sp³-hybridized carbons (Fsp3) is 1.00. The van der Waals surface area contributed by atoms with Gasteiger partial charge in [-0.1, -0.05) is 19.3 Å². The maximum Gasteiger partial charge on any atom is 0.393 e. The minimum Gasteiger partial charge on any atom is -0.313 e. The van der Waals surface area contributed by atoms with E-state index in [4.69, 9.17) is 0 Å². The van der Waals surface area contributed by atoms with Crippen LogP contribution in [0.4, 0.5) is 13.2 Å². The third-order valence-electron chi connectivity index (χ3n) is 4.08. The molecule has 4 heteroatoms. The van der Waals surface area contributed by atoms with Crippen molar-refractivity contribution in [1.29, 1.82) is 0 Å². The number of halogens is 3. The SMILES string of the molecule is FC(F)(F)C1CCCNC1C1CCCCC1. The van der Waals surface area contributed by atoms with Gasteiger partial charge in [0.05, 0.1) is 5.92 Å². The molecule has 0 aromatic rings. The lowest BCUT2D eigenvalue weighted by Crippen LogP contribution is -2.51. The van der Waals surface area contributed by atoms with Gasteiger partial charge in [0.25, 0.3) is 0 Å². The number of piperidine rings is 1. The molecule has 1 saturated heterocycles. The molecule has 0 bridgehead atoms. The second-order valence-electron chi connectivity index (χ2n) is 5.17. The minimum atomic E-state index is -4.02. The van der Waals surface area contributed by atoms with E-state index in [2.05, 4.69) is 5.32 Å². The van der Waals surface area contributed by atoms with Crippen LogP contribution in [0, 0.1) is 11.8 Å². The molecule has 2 aliphatic rings. The van der Waals surface area contributed by atoms with Crippen molar-refractivity contribution in [2.24, 2.45) is 11.8 Å². The van der Waals surface area contributed by atoms with Crippen LogP contribution in [0.1, 0.15) is 44.9 Å². The monoisotopic (exact) mass is 235 g/mol. The number of hydrogen-bond donors (Lipinski definition) is 1. The molecule has 2 fully saturated rings. The van der Waals surface area contributed by atoms with Crippen LogP contribution < -0.4 is 5.32 Å². The Kier molecular flexibility index (Phi) is 3.77. The highest BCUT2D eigenvalue weighted by atomic mass is 19.4. The van der Waals surface area contributed by atoms with E-state index in [-0.39, 0.29) is 12.0 Å². The van der Waals surface area contributed by atoms with Gasteiger partial charge in [-0.2, -0.15) is 13.2 Å². The van der Waals surface area contributed by atoms with E-state index in [1.807, 2.05) is 0 Å². The van der Waals surface area contributed by atoms with Crippen molar-refractivity contribution >= 4 is 0 Å². The zero-order chi connectivity index (χ0) is 11.6. The first-order valence-electron chi connectivity index (χ1n) is 6.39. The molecule has 94 valence electrons. The van der Waals surface area contributed by atoms with E-state index in [1.54, 1.807) is 0 Å². The summed E-state index contributed by atoms with van der Waals surface area (Å²) in [5, 5.41) is 3.13. The van der Waals surface area contributed by atoms with Crippen LogP contribution in [0.15, 0.2) is 0 Å². The van der Waals surface area contributed by atoms with Crippen LogP contribution in [0.5, 0.6) is 0 Å². The van der Waals surface area contributed by atoms with Crippen LogP contribution in [-0.4, -0.2) is 18.8 Å². The first-order chi connectivity index (χ1) is 7.59. The molecule has 0 aromatic carbocycles. The largest absolute Gasteiger partial charge is 0.393 e. The van der Waals surface area contributed by atoms with Gasteiger partial charge in [-0.25, -0.2) is 0 Å². The van der Waals surface area contributed by atoms with Crippen LogP contribution in [-0.2, 0) is 0 Å². The Hall–Kier alpha value is -0.250. The predicted octanol–water partition coefficient (Wildman–Crippen LogP) is 3.50. The molecule has 0 radical (unpaired) electrons. The van der Waals surface area contributed by atoms with Gasteiger partial charge in [0.1, 0.15) is 0 Å². The van der Waals surface area contributed by atoms with Crippen LogP contribution >= 0.6 is 0 Å². The molecule has 1 heterocycles. The summed E-state index contributed by atoms with van der Waals surface area (Å²) in [6.07, 6.45) is 2.32. The van der Waals surface area contributed by atoms with Gasteiger partial charge < -0.3 is 5.32 Å². The van der Waals surface area contributed by atoms with Crippen molar-refractivity contribution in [3.8, 4) is 0 Å². The van der Waals surface area contributed by atoms with Crippen molar-refractivity contribution in [1.82, 2.24) is 5.32 Å². The molecular formula is C12H20F3N. The van der Waals surface area contributed by atoms with Crippen molar-refractivity contribution in [2.45, 2.75) is 57.2 Å². The molecule has 0 amide bonds. The summed E-state index contributed by atoms with van der Waals surface area (Å²) in [4.78, 5) is 0. The van der Waals surface area contributed by atoms with Crippen LogP contribution in [0.2, 0.25) is 0 Å². The van der Waals surface area contributed by atoms with E-state index in [0.29, 0.717) is 12.8 Å². The highest BCUT2D eigenvalue weighted by molar-refractivity contribution is 4.91. The Balaban J connectivity index is 2.03. The molecule has 2 unspecified atom stereocenters. The normalized spacial score (nSPS) is 33.9. The molecule has 1 saturated carbocycles. The minimum absolute atomic E-state index is 0.251. The summed E-state index contributed by atoms with van der Waals surface area (Å²) in [7, 11) is 0. The van der Waals surface area contributed by atoms with Gasteiger partial charge in [-0.3, -0.25) is 0 Å². The van der Waals surface area contributed by atoms with Gasteiger partial charge in [0.2, 0.25) is 0 Å². The van der Waals surface area contributed by atoms with Gasteiger partial charge in [0, 0.05) is 6.04 Å². The average Bonchev–Trinajstić information content (AvgIpc) is 2.29. The maximum atomic E-state index is 12.9. The lowest BCUT2D eigenvalue weighted by atomic mass is 9.75. The standard InChI is InChI=1S/C12H20F3N/c13-12(14,15)10-7-4-8-16-11(10)9-5-2-1-3-6-9/h9-11,16H,1-8H2. The summed E-state index contributed by atoms with van der Waals surface area (Å²) in [6, 6.07) is -0.311. The molecule has 1 N–H and O–H groups in total. The Morgan fingerprint density at radius 1 is 0.875 bits per heavy atom. The third-order valence-corrected chi connectivity index (χ3v) is 4.08. The summed E-state index contributed by atoms with van der Waals surface area (Å²) >= 11 is 0. The predicted molar refractivity (Wildman–Crippen MR) is 57.1 cm³/mol. The van der Waals surface area contributed by atoms with Crippen molar-refractivity contribution in [3.63, 3.8) is 0 Å². The first-order valence-corrected chi connectivity index (χ1v) is 6.39. The second kappa shape index (κ2) is 4.94. The highest BCUT2D eigenvalue weighted by Gasteiger charge is 2.47. The molecule has 1 aliphatic carbocycles. The summed E-state index contributed by atoms with van der Waals surface area (Å²) < 4.78 is 38.7. The highest BCUT2D eigenvalue weighted by Crippen LogP contribution is 2.40. The van der Waals surface area contributed by atoms with Crippen molar-refractivity contribution < 1.29 is 13.2 Å². The summed E-state index contributed by atoms with van der Waals surface area (Å²) in [6.45, 7) is 0.758. The molecule has 16 heavy (non-hydrogen) atoms. The Bertz CT molecular complexity index is 221. The van der Waals surface area contributed by atoms with E-state index in [0.717, 1.165) is 32.2 Å². The topological polar surface area (TPSA) is 12.0 Å². The molecule has 0 aromatic heterocycles. The molecule has 1 nitrogen and oxygen atoms in total. The lowest BCUT2D eigenvalue weighted by molar-refractivity contribution is -0.193. The molecule has 2 atom stereocenters. The Labute approximate surface area is 94.8 Å². The van der Waals surface area contributed by atoms with Crippen molar-refractivity contribution in [3.05, 3.63) is 0 Å². The first kappa shape index (κ1) is 12.2. The maximum absolute atomic E-state index is 12.9. The van der Waals surface area contributed by atoms with Crippen LogP contribution in [0.25, 0.3) is 0 Å². The Morgan fingerprint density at radius 2 is 1.56 bits per heavy atom. The Morgan fingerprint density at radius 3 is 2.19 bits per heavy atom. The third kappa shape index (κ3) is 2.70. The fourth-order valence-corrected chi connectivity index (χ4v) is 3.27. The second-order valence-corrected chi connectivity index (χ2v) is 5.17. The number of hydrogen-bond acceptors (Lipinski definition) is 1. The quantitative estimate of drug-likeness (QED) is 0.733. The molecule has 1 aliphatic heterocycles. The van der Waals surface area contributed by atoms with E-state index in [9.17, 15) is 13.2 Å². The number of alkyl halides is 3. The van der Waals surface area contributed by atoms with Gasteiger partial charge in [-0.15, -0.1) is 0 Å². The van der Waals surface area contributed by atoms with E-state index in [1.165, 1.54) is 6.42 Å². The molecule has 2 rings (SSSR count). The zero-order valence-corrected chi connectivity index (χ0v) is 9.52. The molecular weight excluding hydrogens is 215 g/mol. The number of nitrogens with one attached hydrogen (secondary N) is 1. The smallest absolute Gasteiger partial charge is 0.313 e. The number of rotatable bonds is 1. The van der Waals surface area contributed by atoms with E-state index >= 15 is 0 Å². The lowest BCUT2D eigenvalue weighted by Gasteiger charge is -2.40. The van der Waals surface area contributed by atoms with Gasteiger partial charge in [-0.05, 0) is 38.1 Å². The summed E-state index contributed by atoms with van der Waals surface area (Å²) in [5.41, 5.74) is 0. The van der Waals surface area contributed by atoms with Gasteiger partial charge in [0.15, 0.2) is 0 Å². The zero-order valence-electron chi connectivity index (χ0n) is 9.52. The average molecular weight is 235 g/mol. The van der Waals surface area contributed by atoms with Crippen molar-refractivity contribution in [2.75, 3.05) is 6.54 Å². The van der Waals surface area contributed by atoms with Gasteiger partial charge >= 0.3 is 6.18 Å². The summed E-state index contributed by atoms with van der Waals surface area (Å²) in [5.74, 6) is -0.856. The van der Waals surface area contributed by atoms with Crippen LogP contribution in [0.3, 0.4) is 0 Å². The molecule has 0 spiro atoms. The fourth-order valence-electron chi connectivity index (χ4n) is 3.27.